The molecule has 0 aliphatic carbocycles. The maximum Gasteiger partial charge on any atom is 0.191 e. The molecule has 3 N–H and O–H groups in total. The van der Waals surface area contributed by atoms with Crippen molar-refractivity contribution in [3.8, 4) is 0 Å². The molecule has 0 aliphatic rings. The largest absolute Gasteiger partial charge is 0.383 e. The van der Waals surface area contributed by atoms with Crippen molar-refractivity contribution in [3.63, 3.8) is 0 Å². The number of rotatable bonds is 8. The first kappa shape index (κ1) is 16.5. The van der Waals surface area contributed by atoms with Crippen molar-refractivity contribution in [2.45, 2.75) is 39.7 Å². The van der Waals surface area contributed by atoms with Crippen LogP contribution in [0.25, 0.3) is 0 Å². The Morgan fingerprint density at radius 3 is 2.95 bits per heavy atom. The van der Waals surface area contributed by atoms with Crippen LogP contribution in [-0.4, -0.2) is 49.0 Å². The minimum Gasteiger partial charge on any atom is -0.383 e. The van der Waals surface area contributed by atoms with Gasteiger partial charge in [-0.15, -0.1) is 0 Å². The maximum absolute atomic E-state index is 5.11. The zero-order chi connectivity index (χ0) is 14.8. The lowest BCUT2D eigenvalue weighted by molar-refractivity contribution is 0.179. The van der Waals surface area contributed by atoms with E-state index in [4.69, 9.17) is 4.74 Å². The molecule has 0 fully saturated rings. The number of aliphatic imine (C=N–C) groups is 1. The third-order valence-electron chi connectivity index (χ3n) is 2.95. The summed E-state index contributed by atoms with van der Waals surface area (Å²) in [5.41, 5.74) is 2.42. The Balaban J connectivity index is 2.36. The number of aryl methyl sites for hydroxylation is 2. The molecule has 0 amide bonds. The molecule has 1 aromatic rings. The van der Waals surface area contributed by atoms with Gasteiger partial charge < -0.3 is 15.4 Å². The Kier molecular flexibility index (Phi) is 7.72. The van der Waals surface area contributed by atoms with E-state index in [0.717, 1.165) is 37.6 Å². The Labute approximate surface area is 121 Å². The molecule has 1 unspecified atom stereocenters. The monoisotopic (exact) mass is 281 g/mol. The Morgan fingerprint density at radius 1 is 1.55 bits per heavy atom. The molecule has 0 aliphatic heterocycles. The Bertz CT molecular complexity index is 402. The number of nitrogens with one attached hydrogen (secondary N) is 3. The highest BCUT2D eigenvalue weighted by molar-refractivity contribution is 5.80. The summed E-state index contributed by atoms with van der Waals surface area (Å²) in [6.45, 7) is 8.49. The number of nitrogens with zero attached hydrogens (tertiary/aromatic N) is 2. The van der Waals surface area contributed by atoms with Gasteiger partial charge in [0.15, 0.2) is 5.96 Å². The Hall–Kier alpha value is -1.56. The van der Waals surface area contributed by atoms with Crippen LogP contribution in [-0.2, 0) is 11.2 Å². The number of hydrogen-bond donors (Lipinski definition) is 3. The molecule has 0 saturated carbocycles. The minimum atomic E-state index is 0.244. The van der Waals surface area contributed by atoms with Gasteiger partial charge in [-0.1, -0.05) is 0 Å². The minimum absolute atomic E-state index is 0.244. The van der Waals surface area contributed by atoms with E-state index in [-0.39, 0.29) is 6.04 Å². The highest BCUT2D eigenvalue weighted by atomic mass is 16.5. The molecule has 1 aromatic heterocycles. The summed E-state index contributed by atoms with van der Waals surface area (Å²) in [7, 11) is 1.70. The lowest BCUT2D eigenvalue weighted by Crippen LogP contribution is -2.44. The van der Waals surface area contributed by atoms with Gasteiger partial charge in [0, 0.05) is 31.9 Å². The number of ether oxygens (including phenoxy) is 1. The molecule has 1 atom stereocenters. The molecule has 1 heterocycles. The van der Waals surface area contributed by atoms with Gasteiger partial charge in [0.25, 0.3) is 0 Å². The number of guanidine groups is 1. The van der Waals surface area contributed by atoms with Gasteiger partial charge >= 0.3 is 0 Å². The van der Waals surface area contributed by atoms with Crippen LogP contribution in [0.1, 0.15) is 31.5 Å². The first-order valence-electron chi connectivity index (χ1n) is 7.20. The zero-order valence-corrected chi connectivity index (χ0v) is 13.0. The molecule has 0 bridgehead atoms. The predicted octanol–water partition coefficient (Wildman–Crippen LogP) is 1.24. The summed E-state index contributed by atoms with van der Waals surface area (Å²) < 4.78 is 5.11. The lowest BCUT2D eigenvalue weighted by atomic mass is 10.1. The van der Waals surface area contributed by atoms with Crippen LogP contribution in [0, 0.1) is 6.92 Å². The van der Waals surface area contributed by atoms with Crippen LogP contribution in [0.3, 0.4) is 0 Å². The Morgan fingerprint density at radius 2 is 2.35 bits per heavy atom. The van der Waals surface area contributed by atoms with Crippen molar-refractivity contribution in [2.75, 3.05) is 26.8 Å². The van der Waals surface area contributed by atoms with Gasteiger partial charge in [0.1, 0.15) is 0 Å². The van der Waals surface area contributed by atoms with E-state index >= 15 is 0 Å². The van der Waals surface area contributed by atoms with Crippen molar-refractivity contribution in [1.82, 2.24) is 20.8 Å². The van der Waals surface area contributed by atoms with E-state index in [9.17, 15) is 0 Å². The van der Waals surface area contributed by atoms with Crippen LogP contribution in [0.5, 0.6) is 0 Å². The second kappa shape index (κ2) is 9.36. The highest BCUT2D eigenvalue weighted by Crippen LogP contribution is 2.05. The van der Waals surface area contributed by atoms with Crippen molar-refractivity contribution in [2.24, 2.45) is 4.99 Å². The van der Waals surface area contributed by atoms with E-state index < -0.39 is 0 Å². The van der Waals surface area contributed by atoms with E-state index in [2.05, 4.69) is 39.7 Å². The van der Waals surface area contributed by atoms with E-state index in [1.54, 1.807) is 7.11 Å². The summed E-state index contributed by atoms with van der Waals surface area (Å²) in [6, 6.07) is 0.244. The van der Waals surface area contributed by atoms with Gasteiger partial charge in [-0.2, -0.15) is 5.10 Å². The van der Waals surface area contributed by atoms with E-state index in [1.807, 2.05) is 13.1 Å². The topological polar surface area (TPSA) is 74.3 Å². The molecular formula is C14H27N5O. The quantitative estimate of drug-likeness (QED) is 0.381. The summed E-state index contributed by atoms with van der Waals surface area (Å²) in [5.74, 6) is 0.848. The number of hydrogen-bond acceptors (Lipinski definition) is 3. The van der Waals surface area contributed by atoms with Gasteiger partial charge in [-0.3, -0.25) is 10.1 Å². The normalized spacial score (nSPS) is 13.3. The second-order valence-corrected chi connectivity index (χ2v) is 4.89. The van der Waals surface area contributed by atoms with Crippen LogP contribution >= 0.6 is 0 Å². The first-order valence-corrected chi connectivity index (χ1v) is 7.20. The molecule has 1 rings (SSSR count). The summed E-state index contributed by atoms with van der Waals surface area (Å²) in [4.78, 5) is 4.57. The molecular weight excluding hydrogens is 254 g/mol. The first-order chi connectivity index (χ1) is 9.67. The maximum atomic E-state index is 5.11. The average molecular weight is 281 g/mol. The SMILES string of the molecule is CCNC(=NCCCc1cn[nH]c1C)NC(C)COC. The van der Waals surface area contributed by atoms with Gasteiger partial charge in [-0.05, 0) is 39.2 Å². The number of aromatic amines is 1. The van der Waals surface area contributed by atoms with Gasteiger partial charge in [-0.25, -0.2) is 0 Å². The summed E-state index contributed by atoms with van der Waals surface area (Å²) in [5, 5.41) is 13.5. The van der Waals surface area contributed by atoms with Crippen LogP contribution < -0.4 is 10.6 Å². The average Bonchev–Trinajstić information content (AvgIpc) is 2.80. The fraction of sp³-hybridized carbons (Fsp3) is 0.714. The second-order valence-electron chi connectivity index (χ2n) is 4.89. The third kappa shape index (κ3) is 6.06. The number of aromatic nitrogens is 2. The van der Waals surface area contributed by atoms with Crippen LogP contribution in [0.15, 0.2) is 11.2 Å². The lowest BCUT2D eigenvalue weighted by Gasteiger charge is -2.16. The molecule has 6 nitrogen and oxygen atoms in total. The highest BCUT2D eigenvalue weighted by Gasteiger charge is 2.04. The predicted molar refractivity (Wildman–Crippen MR) is 82.1 cm³/mol. The van der Waals surface area contributed by atoms with Crippen LogP contribution in [0.4, 0.5) is 0 Å². The summed E-state index contributed by atoms with van der Waals surface area (Å²) in [6.07, 6.45) is 3.90. The fourth-order valence-corrected chi connectivity index (χ4v) is 1.93. The molecule has 0 aromatic carbocycles. The van der Waals surface area contributed by atoms with Crippen LogP contribution in [0.2, 0.25) is 0 Å². The summed E-state index contributed by atoms with van der Waals surface area (Å²) >= 11 is 0. The van der Waals surface area contributed by atoms with Gasteiger partial charge in [0.2, 0.25) is 0 Å². The molecule has 6 heteroatoms. The standard InChI is InChI=1S/C14H27N5O/c1-5-15-14(18-11(2)10-20-4)16-8-6-7-13-9-17-19-12(13)3/h9,11H,5-8,10H2,1-4H3,(H,17,19)(H2,15,16,18). The van der Waals surface area contributed by atoms with Crippen molar-refractivity contribution < 1.29 is 4.74 Å². The third-order valence-corrected chi connectivity index (χ3v) is 2.95. The van der Waals surface area contributed by atoms with Gasteiger partial charge in [0.05, 0.1) is 12.8 Å². The van der Waals surface area contributed by atoms with Crippen molar-refractivity contribution >= 4 is 5.96 Å². The number of methoxy groups -OCH3 is 1. The molecule has 0 radical (unpaired) electrons. The van der Waals surface area contributed by atoms with Crippen molar-refractivity contribution in [1.29, 1.82) is 0 Å². The van der Waals surface area contributed by atoms with Crippen molar-refractivity contribution in [3.05, 3.63) is 17.5 Å². The molecule has 0 saturated heterocycles. The zero-order valence-electron chi connectivity index (χ0n) is 13.0. The smallest absolute Gasteiger partial charge is 0.191 e. The number of H-pyrrole nitrogens is 1. The van der Waals surface area contributed by atoms with E-state index in [1.165, 1.54) is 5.56 Å². The molecule has 0 spiro atoms. The van der Waals surface area contributed by atoms with E-state index in [0.29, 0.717) is 6.61 Å². The molecule has 20 heavy (non-hydrogen) atoms. The fourth-order valence-electron chi connectivity index (χ4n) is 1.93. The molecule has 114 valence electrons.